The van der Waals surface area contributed by atoms with Crippen molar-refractivity contribution in [2.75, 3.05) is 56.2 Å². The molecule has 1 atom stereocenters. The van der Waals surface area contributed by atoms with Crippen LogP contribution in [0.5, 0.6) is 6.01 Å². The van der Waals surface area contributed by atoms with Gasteiger partial charge in [0.05, 0.1) is 18.8 Å². The number of hydrogen-bond donors (Lipinski definition) is 0. The average Bonchev–Trinajstić information content (AvgIpc) is 3.56. The summed E-state index contributed by atoms with van der Waals surface area (Å²) in [6.07, 6.45) is 8.27. The Morgan fingerprint density at radius 3 is 2.55 bits per heavy atom. The van der Waals surface area contributed by atoms with Crippen LogP contribution in [0.4, 0.5) is 16.0 Å². The molecule has 0 aromatic carbocycles. The summed E-state index contributed by atoms with van der Waals surface area (Å²) in [6.45, 7) is 8.01. The summed E-state index contributed by atoms with van der Waals surface area (Å²) < 4.78 is 19.6. The molecule has 2 fully saturated rings. The Morgan fingerprint density at radius 2 is 1.79 bits per heavy atom. The number of anilines is 2. The van der Waals surface area contributed by atoms with Crippen molar-refractivity contribution in [1.82, 2.24) is 29.7 Å². The van der Waals surface area contributed by atoms with Crippen LogP contribution in [0.25, 0.3) is 0 Å². The summed E-state index contributed by atoms with van der Waals surface area (Å²) in [5.74, 6) is 0.270. The van der Waals surface area contributed by atoms with Gasteiger partial charge in [-0.1, -0.05) is 6.58 Å². The minimum Gasteiger partial charge on any atom is -0.462 e. The Morgan fingerprint density at radius 1 is 0.974 bits per heavy atom. The summed E-state index contributed by atoms with van der Waals surface area (Å²) >= 11 is 0. The third-order valence-electron chi connectivity index (χ3n) is 8.32. The lowest BCUT2D eigenvalue weighted by molar-refractivity contribution is -0.128. The molecule has 38 heavy (non-hydrogen) atoms. The molecule has 0 bridgehead atoms. The molecule has 202 valence electrons. The number of carbonyl (C=O) groups is 1. The van der Waals surface area contributed by atoms with Crippen LogP contribution in [0.3, 0.4) is 0 Å². The third-order valence-corrected chi connectivity index (χ3v) is 8.32. The van der Waals surface area contributed by atoms with E-state index in [1.165, 1.54) is 23.3 Å². The van der Waals surface area contributed by atoms with Crippen LogP contribution in [-0.4, -0.2) is 88.1 Å². The largest absolute Gasteiger partial charge is 0.462 e. The van der Waals surface area contributed by atoms with Crippen molar-refractivity contribution in [2.45, 2.75) is 57.7 Å². The monoisotopic (exact) mass is 522 g/mol. The van der Waals surface area contributed by atoms with Gasteiger partial charge in [0.15, 0.2) is 5.83 Å². The first-order chi connectivity index (χ1) is 18.5. The number of halogens is 1. The standard InChI is InChI=1S/C27H35FN8O2/c1-18(28)26(37)35-12-10-34(11-13-35)25-21-14-36(24-20-7-3-4-8-22(20)29-17-30-24)15-23(21)31-27(32-25)38-16-19-6-5-9-33(19)2/h17,19H,1,3-16H2,2H3/t19-/m0/s1. The molecule has 11 heteroatoms. The number of amides is 1. The zero-order valence-corrected chi connectivity index (χ0v) is 22.0. The van der Waals surface area contributed by atoms with Crippen LogP contribution in [0.1, 0.15) is 48.2 Å². The van der Waals surface area contributed by atoms with Crippen molar-refractivity contribution < 1.29 is 13.9 Å². The van der Waals surface area contributed by atoms with E-state index in [9.17, 15) is 9.18 Å². The van der Waals surface area contributed by atoms with Gasteiger partial charge in [0.2, 0.25) is 0 Å². The number of piperazine rings is 1. The summed E-state index contributed by atoms with van der Waals surface area (Å²) in [5.41, 5.74) is 4.42. The van der Waals surface area contributed by atoms with Crippen LogP contribution in [0, 0.1) is 0 Å². The second-order valence-corrected chi connectivity index (χ2v) is 10.7. The number of likely N-dealkylation sites (tertiary alicyclic amines) is 1. The molecule has 10 nitrogen and oxygen atoms in total. The molecule has 2 aromatic heterocycles. The number of aryl methyl sites for hydroxylation is 1. The molecule has 2 saturated heterocycles. The smallest absolute Gasteiger partial charge is 0.318 e. The van der Waals surface area contributed by atoms with Crippen molar-refractivity contribution in [2.24, 2.45) is 0 Å². The number of aromatic nitrogens is 4. The lowest BCUT2D eigenvalue weighted by Crippen LogP contribution is -2.49. The van der Waals surface area contributed by atoms with Gasteiger partial charge < -0.3 is 24.3 Å². The molecule has 3 aliphatic heterocycles. The van der Waals surface area contributed by atoms with E-state index < -0.39 is 11.7 Å². The highest BCUT2D eigenvalue weighted by molar-refractivity contribution is 5.90. The number of nitrogens with zero attached hydrogens (tertiary/aromatic N) is 8. The van der Waals surface area contributed by atoms with Gasteiger partial charge in [-0.15, -0.1) is 0 Å². The Labute approximate surface area is 222 Å². The molecular weight excluding hydrogens is 487 g/mol. The minimum absolute atomic E-state index is 0.364. The summed E-state index contributed by atoms with van der Waals surface area (Å²) in [5, 5.41) is 0. The van der Waals surface area contributed by atoms with Crippen LogP contribution < -0.4 is 14.5 Å². The maximum Gasteiger partial charge on any atom is 0.318 e. The first-order valence-corrected chi connectivity index (χ1v) is 13.7. The first-order valence-electron chi connectivity index (χ1n) is 13.7. The van der Waals surface area contributed by atoms with Gasteiger partial charge in [-0.2, -0.15) is 9.97 Å². The highest BCUT2D eigenvalue weighted by Gasteiger charge is 2.33. The molecule has 0 radical (unpaired) electrons. The summed E-state index contributed by atoms with van der Waals surface area (Å²) in [4.78, 5) is 39.4. The Kier molecular flexibility index (Phi) is 6.86. The van der Waals surface area contributed by atoms with E-state index in [4.69, 9.17) is 19.7 Å². The average molecular weight is 523 g/mol. The molecule has 0 unspecified atom stereocenters. The zero-order valence-electron chi connectivity index (χ0n) is 22.0. The second-order valence-electron chi connectivity index (χ2n) is 10.7. The van der Waals surface area contributed by atoms with Gasteiger partial charge in [-0.05, 0) is 52.1 Å². The predicted molar refractivity (Wildman–Crippen MR) is 141 cm³/mol. The fourth-order valence-corrected chi connectivity index (χ4v) is 6.12. The highest BCUT2D eigenvalue weighted by atomic mass is 19.1. The van der Waals surface area contributed by atoms with Crippen molar-refractivity contribution >= 4 is 17.5 Å². The van der Waals surface area contributed by atoms with E-state index in [0.717, 1.165) is 60.8 Å². The van der Waals surface area contributed by atoms with Crippen LogP contribution in [0.15, 0.2) is 18.7 Å². The molecular formula is C27H35FN8O2. The molecule has 1 amide bonds. The third kappa shape index (κ3) is 4.79. The SMILES string of the molecule is C=C(F)C(=O)N1CCN(c2nc(OC[C@@H]3CCCN3C)nc3c2CN(c2ncnc4c2CCCC4)C3)CC1. The van der Waals surface area contributed by atoms with Crippen molar-refractivity contribution in [1.29, 1.82) is 0 Å². The van der Waals surface area contributed by atoms with Crippen molar-refractivity contribution in [3.63, 3.8) is 0 Å². The van der Waals surface area contributed by atoms with Crippen LogP contribution in [-0.2, 0) is 30.7 Å². The summed E-state index contributed by atoms with van der Waals surface area (Å²) in [6, 6.07) is 0.754. The highest BCUT2D eigenvalue weighted by Crippen LogP contribution is 2.36. The van der Waals surface area contributed by atoms with Gasteiger partial charge in [0.25, 0.3) is 5.91 Å². The van der Waals surface area contributed by atoms with Gasteiger partial charge in [0, 0.05) is 49.0 Å². The number of hydrogen-bond acceptors (Lipinski definition) is 9. The van der Waals surface area contributed by atoms with Crippen LogP contribution >= 0.6 is 0 Å². The molecule has 6 rings (SSSR count). The molecule has 5 heterocycles. The van der Waals surface area contributed by atoms with Gasteiger partial charge >= 0.3 is 6.01 Å². The fourth-order valence-electron chi connectivity index (χ4n) is 6.12. The van der Waals surface area contributed by atoms with E-state index in [0.29, 0.717) is 57.9 Å². The minimum atomic E-state index is -0.919. The van der Waals surface area contributed by atoms with Crippen LogP contribution in [0.2, 0.25) is 0 Å². The molecule has 4 aliphatic rings. The van der Waals surface area contributed by atoms with Crippen molar-refractivity contribution in [3.05, 3.63) is 41.2 Å². The maximum absolute atomic E-state index is 13.4. The zero-order chi connectivity index (χ0) is 26.2. The summed E-state index contributed by atoms with van der Waals surface area (Å²) in [7, 11) is 2.13. The Balaban J connectivity index is 1.27. The number of carbonyl (C=O) groups excluding carboxylic acids is 1. The van der Waals surface area contributed by atoms with Gasteiger partial charge in [0.1, 0.15) is 24.6 Å². The first kappa shape index (κ1) is 25.0. The quantitative estimate of drug-likeness (QED) is 0.530. The number of rotatable bonds is 6. The Hall–Kier alpha value is -3.34. The number of likely N-dealkylation sites (N-methyl/N-ethyl adjacent to an activating group) is 1. The maximum atomic E-state index is 13.4. The van der Waals surface area contributed by atoms with E-state index in [1.807, 2.05) is 0 Å². The van der Waals surface area contributed by atoms with Crippen molar-refractivity contribution in [3.8, 4) is 6.01 Å². The molecule has 0 spiro atoms. The topological polar surface area (TPSA) is 90.8 Å². The molecule has 2 aromatic rings. The molecule has 1 aliphatic carbocycles. The molecule has 0 saturated carbocycles. The fraction of sp³-hybridized carbons (Fsp3) is 0.593. The Bertz CT molecular complexity index is 1230. The lowest BCUT2D eigenvalue weighted by Gasteiger charge is -2.35. The van der Waals surface area contributed by atoms with E-state index >= 15 is 0 Å². The number of fused-ring (bicyclic) bond motifs is 2. The van der Waals surface area contributed by atoms with E-state index in [1.54, 1.807) is 6.33 Å². The normalized spacial score (nSPS) is 21.4. The van der Waals surface area contributed by atoms with Gasteiger partial charge in [-0.25, -0.2) is 14.4 Å². The van der Waals surface area contributed by atoms with Gasteiger partial charge in [-0.3, -0.25) is 4.79 Å². The van der Waals surface area contributed by atoms with E-state index in [-0.39, 0.29) is 0 Å². The lowest BCUT2D eigenvalue weighted by atomic mass is 9.96. The second kappa shape index (κ2) is 10.4. The molecule has 0 N–H and O–H groups in total. The van der Waals surface area contributed by atoms with E-state index in [2.05, 4.69) is 33.3 Å². The number of ether oxygens (including phenoxy) is 1. The predicted octanol–water partition coefficient (Wildman–Crippen LogP) is 2.27.